The third-order valence-electron chi connectivity index (χ3n) is 3.22. The van der Waals surface area contributed by atoms with Crippen molar-refractivity contribution in [2.45, 2.75) is 33.2 Å². The molecule has 0 saturated carbocycles. The van der Waals surface area contributed by atoms with E-state index in [0.29, 0.717) is 16.8 Å². The highest BCUT2D eigenvalue weighted by Gasteiger charge is 2.23. The van der Waals surface area contributed by atoms with Gasteiger partial charge < -0.3 is 15.5 Å². The number of aromatic nitrogens is 1. The lowest BCUT2D eigenvalue weighted by Crippen LogP contribution is -2.38. The van der Waals surface area contributed by atoms with Gasteiger partial charge in [-0.05, 0) is 23.6 Å². The minimum Gasteiger partial charge on any atom is -0.408 e. The Bertz CT molecular complexity index is 679. The highest BCUT2D eigenvalue weighted by atomic mass is 16.4. The average molecular weight is 277 g/mol. The van der Waals surface area contributed by atoms with Crippen LogP contribution in [-0.2, 0) is 4.79 Å². The van der Waals surface area contributed by atoms with Crippen LogP contribution in [0.5, 0.6) is 0 Å². The molecule has 0 saturated heterocycles. The Labute approximate surface area is 116 Å². The second-order valence-electron chi connectivity index (χ2n) is 5.95. The first-order valence-electron chi connectivity index (χ1n) is 6.44. The fourth-order valence-electron chi connectivity index (χ4n) is 1.75. The van der Waals surface area contributed by atoms with Gasteiger partial charge in [-0.2, -0.15) is 0 Å². The van der Waals surface area contributed by atoms with E-state index in [1.165, 1.54) is 0 Å². The number of hydrogen-bond donors (Lipinski definition) is 3. The maximum Gasteiger partial charge on any atom is 0.417 e. The summed E-state index contributed by atoms with van der Waals surface area (Å²) in [5, 5.41) is 2.76. The van der Waals surface area contributed by atoms with Crippen LogP contribution in [-0.4, -0.2) is 16.9 Å². The molecule has 0 aliphatic rings. The molecule has 6 heteroatoms. The zero-order valence-corrected chi connectivity index (χ0v) is 11.8. The van der Waals surface area contributed by atoms with Gasteiger partial charge in [0.1, 0.15) is 0 Å². The molecule has 2 aromatic rings. The minimum atomic E-state index is -0.516. The summed E-state index contributed by atoms with van der Waals surface area (Å²) in [7, 11) is 0. The molecule has 1 aromatic heterocycles. The third kappa shape index (κ3) is 3.27. The monoisotopic (exact) mass is 277 g/mol. The Morgan fingerprint density at radius 1 is 1.45 bits per heavy atom. The highest BCUT2D eigenvalue weighted by molar-refractivity contribution is 5.93. The Hall–Kier alpha value is -2.08. The van der Waals surface area contributed by atoms with E-state index >= 15 is 0 Å². The quantitative estimate of drug-likeness (QED) is 0.796. The topological polar surface area (TPSA) is 101 Å². The lowest BCUT2D eigenvalue weighted by Gasteiger charge is -2.26. The van der Waals surface area contributed by atoms with Gasteiger partial charge in [-0.1, -0.05) is 20.8 Å². The molecule has 0 radical (unpaired) electrons. The highest BCUT2D eigenvalue weighted by Crippen LogP contribution is 2.21. The minimum absolute atomic E-state index is 0.128. The van der Waals surface area contributed by atoms with Gasteiger partial charge >= 0.3 is 5.76 Å². The van der Waals surface area contributed by atoms with Gasteiger partial charge in [0.05, 0.1) is 5.52 Å². The Morgan fingerprint density at radius 2 is 2.15 bits per heavy atom. The summed E-state index contributed by atoms with van der Waals surface area (Å²) in [6.07, 6.45) is 0.240. The van der Waals surface area contributed by atoms with Crippen molar-refractivity contribution in [2.75, 3.05) is 5.32 Å². The maximum absolute atomic E-state index is 11.9. The van der Waals surface area contributed by atoms with E-state index in [-0.39, 0.29) is 23.8 Å². The molecule has 108 valence electrons. The molecule has 4 N–H and O–H groups in total. The van der Waals surface area contributed by atoms with Gasteiger partial charge in [-0.3, -0.25) is 9.78 Å². The van der Waals surface area contributed by atoms with Crippen molar-refractivity contribution in [1.29, 1.82) is 0 Å². The number of rotatable bonds is 3. The fourth-order valence-corrected chi connectivity index (χ4v) is 1.75. The summed E-state index contributed by atoms with van der Waals surface area (Å²) in [6.45, 7) is 5.98. The summed E-state index contributed by atoms with van der Waals surface area (Å²) in [5.41, 5.74) is 7.45. The molecule has 0 aliphatic heterocycles. The van der Waals surface area contributed by atoms with Gasteiger partial charge in [0.2, 0.25) is 5.91 Å². The first kappa shape index (κ1) is 14.3. The number of hydrogen-bond acceptors (Lipinski definition) is 4. The van der Waals surface area contributed by atoms with Gasteiger partial charge in [0.15, 0.2) is 5.58 Å². The van der Waals surface area contributed by atoms with Crippen LogP contribution in [0.1, 0.15) is 27.2 Å². The van der Waals surface area contributed by atoms with Gasteiger partial charge in [0.25, 0.3) is 0 Å². The average Bonchev–Trinajstić information content (AvgIpc) is 2.66. The summed E-state index contributed by atoms with van der Waals surface area (Å²) in [4.78, 5) is 25.5. The van der Waals surface area contributed by atoms with Gasteiger partial charge in [-0.15, -0.1) is 0 Å². The van der Waals surface area contributed by atoms with Crippen LogP contribution in [0, 0.1) is 5.41 Å². The molecule has 0 bridgehead atoms. The zero-order chi connectivity index (χ0) is 14.9. The number of oxazole rings is 1. The van der Waals surface area contributed by atoms with E-state index in [2.05, 4.69) is 10.3 Å². The van der Waals surface area contributed by atoms with E-state index in [9.17, 15) is 9.59 Å². The van der Waals surface area contributed by atoms with Crippen molar-refractivity contribution >= 4 is 22.7 Å². The molecule has 1 aromatic carbocycles. The molecule has 1 heterocycles. The molecule has 0 fully saturated rings. The number of benzene rings is 1. The Morgan fingerprint density at radius 3 is 2.80 bits per heavy atom. The molecule has 0 spiro atoms. The zero-order valence-electron chi connectivity index (χ0n) is 11.8. The largest absolute Gasteiger partial charge is 0.417 e. The van der Waals surface area contributed by atoms with E-state index < -0.39 is 5.76 Å². The lowest BCUT2D eigenvalue weighted by atomic mass is 9.85. The van der Waals surface area contributed by atoms with E-state index in [1.807, 2.05) is 20.8 Å². The van der Waals surface area contributed by atoms with Crippen LogP contribution in [0.15, 0.2) is 27.4 Å². The Kier molecular flexibility index (Phi) is 3.67. The molecular weight excluding hydrogens is 258 g/mol. The SMILES string of the molecule is CC(C)(C)C(N)CC(=O)Nc1ccc2oc(=O)[nH]c2c1. The van der Waals surface area contributed by atoms with E-state index in [0.717, 1.165) is 0 Å². The predicted molar refractivity (Wildman–Crippen MR) is 77.5 cm³/mol. The van der Waals surface area contributed by atoms with Crippen molar-refractivity contribution in [3.05, 3.63) is 28.7 Å². The Balaban J connectivity index is 2.08. The van der Waals surface area contributed by atoms with Crippen LogP contribution in [0.2, 0.25) is 0 Å². The number of anilines is 1. The van der Waals surface area contributed by atoms with Crippen molar-refractivity contribution < 1.29 is 9.21 Å². The number of nitrogens with two attached hydrogens (primary N) is 1. The molecule has 20 heavy (non-hydrogen) atoms. The number of fused-ring (bicyclic) bond motifs is 1. The molecule has 1 atom stereocenters. The van der Waals surface area contributed by atoms with Crippen molar-refractivity contribution in [2.24, 2.45) is 11.1 Å². The fraction of sp³-hybridized carbons (Fsp3) is 0.429. The first-order chi connectivity index (χ1) is 9.25. The van der Waals surface area contributed by atoms with Crippen molar-refractivity contribution in [1.82, 2.24) is 4.98 Å². The lowest BCUT2D eigenvalue weighted by molar-refractivity contribution is -0.117. The molecule has 0 aliphatic carbocycles. The third-order valence-corrected chi connectivity index (χ3v) is 3.22. The number of amides is 1. The summed E-state index contributed by atoms with van der Waals surface area (Å²) >= 11 is 0. The molecular formula is C14H19N3O3. The van der Waals surface area contributed by atoms with Crippen LogP contribution in [0.3, 0.4) is 0 Å². The number of carbonyl (C=O) groups is 1. The van der Waals surface area contributed by atoms with Crippen LogP contribution >= 0.6 is 0 Å². The number of nitrogens with one attached hydrogen (secondary N) is 2. The molecule has 1 unspecified atom stereocenters. The molecule has 2 rings (SSSR count). The second-order valence-corrected chi connectivity index (χ2v) is 5.95. The maximum atomic E-state index is 11.9. The van der Waals surface area contributed by atoms with Gasteiger partial charge in [0, 0.05) is 18.2 Å². The van der Waals surface area contributed by atoms with Crippen LogP contribution < -0.4 is 16.8 Å². The molecule has 6 nitrogen and oxygen atoms in total. The smallest absolute Gasteiger partial charge is 0.408 e. The standard InChI is InChI=1S/C14H19N3O3/c1-14(2,3)11(15)7-12(18)16-8-4-5-10-9(6-8)17-13(19)20-10/h4-6,11H,7,15H2,1-3H3,(H,16,18)(H,17,19). The number of H-pyrrole nitrogens is 1. The molecule has 1 amide bonds. The normalized spacial score (nSPS) is 13.4. The number of carbonyl (C=O) groups excluding carboxylic acids is 1. The summed E-state index contributed by atoms with van der Waals surface area (Å²) in [6, 6.07) is 4.74. The van der Waals surface area contributed by atoms with Crippen molar-refractivity contribution in [3.63, 3.8) is 0 Å². The van der Waals surface area contributed by atoms with E-state index in [4.69, 9.17) is 10.2 Å². The van der Waals surface area contributed by atoms with Crippen LogP contribution in [0.4, 0.5) is 5.69 Å². The van der Waals surface area contributed by atoms with Crippen LogP contribution in [0.25, 0.3) is 11.1 Å². The van der Waals surface area contributed by atoms with E-state index in [1.54, 1.807) is 18.2 Å². The van der Waals surface area contributed by atoms with Gasteiger partial charge in [-0.25, -0.2) is 4.79 Å². The predicted octanol–water partition coefficient (Wildman–Crippen LogP) is 1.82. The summed E-state index contributed by atoms with van der Waals surface area (Å²) in [5.74, 6) is -0.671. The van der Waals surface area contributed by atoms with Crippen molar-refractivity contribution in [3.8, 4) is 0 Å². The summed E-state index contributed by atoms with van der Waals surface area (Å²) < 4.78 is 4.89. The number of aromatic amines is 1. The second kappa shape index (κ2) is 5.13. The first-order valence-corrected chi connectivity index (χ1v) is 6.44.